The maximum absolute atomic E-state index is 11.7. The molecule has 0 spiro atoms. The predicted octanol–water partition coefficient (Wildman–Crippen LogP) is 2.53. The fourth-order valence-electron chi connectivity index (χ4n) is 1.50. The highest BCUT2D eigenvalue weighted by Gasteiger charge is 2.10. The van der Waals surface area contributed by atoms with Gasteiger partial charge >= 0.3 is 0 Å². The average Bonchev–Trinajstić information content (AvgIpc) is 2.84. The molecule has 2 N–H and O–H groups in total. The Morgan fingerprint density at radius 1 is 1.47 bits per heavy atom. The monoisotopic (exact) mass is 254 g/mol. The van der Waals surface area contributed by atoms with Gasteiger partial charge in [0.25, 0.3) is 0 Å². The van der Waals surface area contributed by atoms with Crippen LogP contribution in [0.4, 0.5) is 0 Å². The molecule has 0 aliphatic rings. The van der Waals surface area contributed by atoms with Crippen LogP contribution in [0.1, 0.15) is 38.7 Å². The number of carbonyl (C=O) groups is 1. The van der Waals surface area contributed by atoms with Crippen LogP contribution in [0.25, 0.3) is 0 Å². The van der Waals surface area contributed by atoms with E-state index in [4.69, 9.17) is 0 Å². The second kappa shape index (κ2) is 8.25. The van der Waals surface area contributed by atoms with Crippen molar-refractivity contribution < 1.29 is 4.79 Å². The van der Waals surface area contributed by atoms with Gasteiger partial charge in [-0.2, -0.15) is 11.3 Å². The molecule has 1 aromatic heterocycles. The molecule has 4 heteroatoms. The van der Waals surface area contributed by atoms with Gasteiger partial charge in [-0.3, -0.25) is 4.79 Å². The van der Waals surface area contributed by atoms with Crippen LogP contribution in [-0.4, -0.2) is 18.5 Å². The smallest absolute Gasteiger partial charge is 0.236 e. The van der Waals surface area contributed by atoms with E-state index >= 15 is 0 Å². The molecule has 0 saturated carbocycles. The Bertz CT molecular complexity index is 311. The molecular formula is C13H22N2OS. The molecule has 1 unspecified atom stereocenters. The van der Waals surface area contributed by atoms with Crippen molar-refractivity contribution in [3.05, 3.63) is 22.4 Å². The summed E-state index contributed by atoms with van der Waals surface area (Å²) in [5.74, 6) is 0.0938. The lowest BCUT2D eigenvalue weighted by atomic mass is 10.2. The Hall–Kier alpha value is -0.870. The van der Waals surface area contributed by atoms with Gasteiger partial charge in [-0.05, 0) is 35.7 Å². The van der Waals surface area contributed by atoms with Crippen LogP contribution in [0.5, 0.6) is 0 Å². The molecule has 0 aliphatic heterocycles. The van der Waals surface area contributed by atoms with E-state index in [-0.39, 0.29) is 11.9 Å². The summed E-state index contributed by atoms with van der Waals surface area (Å²) >= 11 is 1.68. The van der Waals surface area contributed by atoms with E-state index in [2.05, 4.69) is 29.0 Å². The molecule has 96 valence electrons. The van der Waals surface area contributed by atoms with E-state index in [1.807, 2.05) is 12.3 Å². The topological polar surface area (TPSA) is 41.1 Å². The van der Waals surface area contributed by atoms with Crippen molar-refractivity contribution >= 4 is 17.2 Å². The number of nitrogens with one attached hydrogen (secondary N) is 2. The molecule has 1 rings (SSSR count). The number of hydrogen-bond donors (Lipinski definition) is 2. The highest BCUT2D eigenvalue weighted by atomic mass is 32.1. The maximum atomic E-state index is 11.7. The third kappa shape index (κ3) is 5.84. The summed E-state index contributed by atoms with van der Waals surface area (Å²) < 4.78 is 0. The van der Waals surface area contributed by atoms with Crippen molar-refractivity contribution in [3.8, 4) is 0 Å². The number of carbonyl (C=O) groups excluding carboxylic acids is 1. The van der Waals surface area contributed by atoms with Crippen LogP contribution >= 0.6 is 11.3 Å². The summed E-state index contributed by atoms with van der Waals surface area (Å²) in [6, 6.07) is 1.94. The molecule has 0 bridgehead atoms. The minimum atomic E-state index is -0.128. The van der Waals surface area contributed by atoms with Crippen molar-refractivity contribution in [2.24, 2.45) is 0 Å². The van der Waals surface area contributed by atoms with Crippen LogP contribution in [0.15, 0.2) is 16.8 Å². The van der Waals surface area contributed by atoms with Crippen LogP contribution in [-0.2, 0) is 11.3 Å². The van der Waals surface area contributed by atoms with Gasteiger partial charge in [-0.1, -0.05) is 19.8 Å². The predicted molar refractivity (Wildman–Crippen MR) is 73.2 cm³/mol. The zero-order chi connectivity index (χ0) is 12.5. The van der Waals surface area contributed by atoms with E-state index in [9.17, 15) is 4.79 Å². The zero-order valence-electron chi connectivity index (χ0n) is 10.7. The van der Waals surface area contributed by atoms with Gasteiger partial charge in [0.2, 0.25) is 5.91 Å². The number of amides is 1. The maximum Gasteiger partial charge on any atom is 0.236 e. The molecule has 0 radical (unpaired) electrons. The number of hydrogen-bond acceptors (Lipinski definition) is 3. The van der Waals surface area contributed by atoms with Gasteiger partial charge in [0, 0.05) is 13.1 Å². The van der Waals surface area contributed by atoms with E-state index < -0.39 is 0 Å². The summed E-state index contributed by atoms with van der Waals surface area (Å²) in [7, 11) is 0. The summed E-state index contributed by atoms with van der Waals surface area (Å²) in [6.45, 7) is 5.61. The van der Waals surface area contributed by atoms with Gasteiger partial charge in [0.1, 0.15) is 0 Å². The molecule has 1 aromatic rings. The second-order valence-corrected chi connectivity index (χ2v) is 5.01. The Morgan fingerprint density at radius 2 is 2.29 bits per heavy atom. The molecule has 0 fully saturated rings. The minimum absolute atomic E-state index is 0.0938. The first-order chi connectivity index (χ1) is 8.24. The van der Waals surface area contributed by atoms with E-state index in [0.29, 0.717) is 0 Å². The van der Waals surface area contributed by atoms with Crippen LogP contribution in [0.3, 0.4) is 0 Å². The zero-order valence-corrected chi connectivity index (χ0v) is 11.5. The highest BCUT2D eigenvalue weighted by Crippen LogP contribution is 2.05. The molecule has 3 nitrogen and oxygen atoms in total. The third-order valence-corrected chi connectivity index (χ3v) is 3.40. The van der Waals surface area contributed by atoms with Gasteiger partial charge in [0.15, 0.2) is 0 Å². The third-order valence-electron chi connectivity index (χ3n) is 2.67. The molecule has 0 aliphatic carbocycles. The molecule has 1 heterocycles. The SMILES string of the molecule is CCCCCNC(=O)C(C)NCc1ccsc1. The summed E-state index contributed by atoms with van der Waals surface area (Å²) in [5, 5.41) is 10.3. The molecule has 1 atom stereocenters. The number of rotatable bonds is 8. The second-order valence-electron chi connectivity index (χ2n) is 4.23. The van der Waals surface area contributed by atoms with Crippen LogP contribution in [0.2, 0.25) is 0 Å². The van der Waals surface area contributed by atoms with Crippen molar-refractivity contribution in [1.82, 2.24) is 10.6 Å². The van der Waals surface area contributed by atoms with Gasteiger partial charge in [-0.15, -0.1) is 0 Å². The van der Waals surface area contributed by atoms with Gasteiger partial charge in [-0.25, -0.2) is 0 Å². The van der Waals surface area contributed by atoms with Crippen molar-refractivity contribution in [2.75, 3.05) is 6.54 Å². The van der Waals surface area contributed by atoms with Crippen LogP contribution < -0.4 is 10.6 Å². The molecule has 1 amide bonds. The Morgan fingerprint density at radius 3 is 2.94 bits per heavy atom. The summed E-state index contributed by atoms with van der Waals surface area (Å²) in [4.78, 5) is 11.7. The average molecular weight is 254 g/mol. The first-order valence-corrected chi connectivity index (χ1v) is 7.20. The normalized spacial score (nSPS) is 12.4. The largest absolute Gasteiger partial charge is 0.355 e. The van der Waals surface area contributed by atoms with Crippen LogP contribution in [0, 0.1) is 0 Å². The fourth-order valence-corrected chi connectivity index (χ4v) is 2.17. The van der Waals surface area contributed by atoms with E-state index in [1.165, 1.54) is 18.4 Å². The van der Waals surface area contributed by atoms with Crippen molar-refractivity contribution in [3.63, 3.8) is 0 Å². The highest BCUT2D eigenvalue weighted by molar-refractivity contribution is 7.07. The fraction of sp³-hybridized carbons (Fsp3) is 0.615. The number of thiophene rings is 1. The van der Waals surface area contributed by atoms with Gasteiger partial charge < -0.3 is 10.6 Å². The van der Waals surface area contributed by atoms with Gasteiger partial charge in [0.05, 0.1) is 6.04 Å². The Kier molecular flexibility index (Phi) is 6.89. The molecular weight excluding hydrogens is 232 g/mol. The standard InChI is InChI=1S/C13H22N2OS/c1-3-4-5-7-14-13(16)11(2)15-9-12-6-8-17-10-12/h6,8,10-11,15H,3-5,7,9H2,1-2H3,(H,14,16). The van der Waals surface area contributed by atoms with E-state index in [0.717, 1.165) is 19.5 Å². The Labute approximate surface area is 108 Å². The lowest BCUT2D eigenvalue weighted by Crippen LogP contribution is -2.42. The number of unbranched alkanes of at least 4 members (excludes halogenated alkanes) is 2. The first kappa shape index (κ1) is 14.2. The summed E-state index contributed by atoms with van der Waals surface area (Å²) in [6.07, 6.45) is 3.43. The molecule has 17 heavy (non-hydrogen) atoms. The van der Waals surface area contributed by atoms with Crippen molar-refractivity contribution in [1.29, 1.82) is 0 Å². The Balaban J connectivity index is 2.13. The first-order valence-electron chi connectivity index (χ1n) is 6.26. The lowest BCUT2D eigenvalue weighted by Gasteiger charge is -2.13. The quantitative estimate of drug-likeness (QED) is 0.700. The van der Waals surface area contributed by atoms with Crippen molar-refractivity contribution in [2.45, 2.75) is 45.7 Å². The molecule has 0 saturated heterocycles. The lowest BCUT2D eigenvalue weighted by molar-refractivity contribution is -0.122. The summed E-state index contributed by atoms with van der Waals surface area (Å²) in [5.41, 5.74) is 1.24. The minimum Gasteiger partial charge on any atom is -0.355 e. The van der Waals surface area contributed by atoms with E-state index in [1.54, 1.807) is 11.3 Å². The molecule has 0 aromatic carbocycles.